The molecule has 0 aliphatic carbocycles. The highest BCUT2D eigenvalue weighted by atomic mass is 19.1. The minimum atomic E-state index is -0.651. The molecule has 2 N–H and O–H groups in total. The van der Waals surface area contributed by atoms with Gasteiger partial charge >= 0.3 is 0 Å². The van der Waals surface area contributed by atoms with Crippen LogP contribution in [-0.4, -0.2) is 22.4 Å². The monoisotopic (exact) mass is 274 g/mol. The number of rotatable bonds is 5. The van der Waals surface area contributed by atoms with Gasteiger partial charge in [-0.25, -0.2) is 9.37 Å². The number of nitrogens with one attached hydrogen (secondary N) is 2. The Morgan fingerprint density at radius 1 is 1.35 bits per heavy atom. The highest BCUT2D eigenvalue weighted by Crippen LogP contribution is 2.16. The van der Waals surface area contributed by atoms with Crippen molar-refractivity contribution in [3.8, 4) is 0 Å². The third-order valence-electron chi connectivity index (χ3n) is 2.60. The molecule has 0 bridgehead atoms. The van der Waals surface area contributed by atoms with Crippen molar-refractivity contribution in [2.45, 2.75) is 13.3 Å². The molecule has 6 heteroatoms. The summed E-state index contributed by atoms with van der Waals surface area (Å²) in [5.74, 6) is -1.09. The summed E-state index contributed by atoms with van der Waals surface area (Å²) in [5.41, 5.74) is 0.458. The van der Waals surface area contributed by atoms with Crippen LogP contribution in [0.2, 0.25) is 0 Å². The van der Waals surface area contributed by atoms with Crippen molar-refractivity contribution in [2.24, 2.45) is 0 Å². The maximum absolute atomic E-state index is 14.1. The number of pyridine rings is 2. The second kappa shape index (κ2) is 6.60. The number of carbonyl (C=O) groups excluding carboxylic acids is 1. The number of amides is 1. The lowest BCUT2D eigenvalue weighted by atomic mass is 10.2. The molecule has 0 spiro atoms. The fourth-order valence-electron chi connectivity index (χ4n) is 1.62. The maximum atomic E-state index is 14.1. The van der Waals surface area contributed by atoms with Crippen LogP contribution in [0.25, 0.3) is 0 Å². The van der Waals surface area contributed by atoms with Gasteiger partial charge in [0.25, 0.3) is 5.91 Å². The molecule has 2 heterocycles. The minimum absolute atomic E-state index is 0.0533. The van der Waals surface area contributed by atoms with E-state index in [2.05, 4.69) is 20.6 Å². The Kier molecular flexibility index (Phi) is 4.60. The van der Waals surface area contributed by atoms with Crippen LogP contribution in [0.4, 0.5) is 15.9 Å². The lowest BCUT2D eigenvalue weighted by Gasteiger charge is -2.09. The van der Waals surface area contributed by atoms with E-state index in [1.54, 1.807) is 18.3 Å². The molecule has 0 atom stereocenters. The summed E-state index contributed by atoms with van der Waals surface area (Å²) in [4.78, 5) is 19.8. The normalized spacial score (nSPS) is 10.1. The summed E-state index contributed by atoms with van der Waals surface area (Å²) >= 11 is 0. The minimum Gasteiger partial charge on any atom is -0.368 e. The lowest BCUT2D eigenvalue weighted by molar-refractivity contribution is 0.102. The van der Waals surface area contributed by atoms with E-state index in [9.17, 15) is 9.18 Å². The first kappa shape index (κ1) is 13.9. The van der Waals surface area contributed by atoms with Gasteiger partial charge in [0.1, 0.15) is 0 Å². The summed E-state index contributed by atoms with van der Waals surface area (Å²) in [6.45, 7) is 2.56. The molecule has 0 aromatic carbocycles. The molecule has 0 radical (unpaired) electrons. The Labute approximate surface area is 116 Å². The van der Waals surface area contributed by atoms with Gasteiger partial charge in [0.05, 0.1) is 17.4 Å². The predicted molar refractivity (Wildman–Crippen MR) is 75.2 cm³/mol. The van der Waals surface area contributed by atoms with Gasteiger partial charge in [-0.05, 0) is 24.6 Å². The molecule has 0 saturated carbocycles. The first-order valence-electron chi connectivity index (χ1n) is 6.32. The van der Waals surface area contributed by atoms with Gasteiger partial charge in [0, 0.05) is 18.9 Å². The molecule has 2 aromatic rings. The average molecular weight is 274 g/mol. The number of nitrogens with zero attached hydrogens (tertiary/aromatic N) is 2. The van der Waals surface area contributed by atoms with Crippen molar-refractivity contribution in [1.82, 2.24) is 9.97 Å². The summed E-state index contributed by atoms with van der Waals surface area (Å²) in [6, 6.07) is 4.71. The van der Waals surface area contributed by atoms with Gasteiger partial charge in [-0.1, -0.05) is 6.92 Å². The molecule has 0 fully saturated rings. The number of hydrogen-bond donors (Lipinski definition) is 2. The van der Waals surface area contributed by atoms with E-state index >= 15 is 0 Å². The summed E-state index contributed by atoms with van der Waals surface area (Å²) in [5, 5.41) is 5.43. The zero-order valence-electron chi connectivity index (χ0n) is 11.1. The summed E-state index contributed by atoms with van der Waals surface area (Å²) in [6.07, 6.45) is 5.33. The van der Waals surface area contributed by atoms with E-state index in [0.717, 1.165) is 6.42 Å². The second-order valence-corrected chi connectivity index (χ2v) is 4.14. The first-order chi connectivity index (χ1) is 9.72. The van der Waals surface area contributed by atoms with Gasteiger partial charge in [-0.15, -0.1) is 0 Å². The van der Waals surface area contributed by atoms with Crippen LogP contribution in [0.15, 0.2) is 36.8 Å². The number of hydrogen-bond acceptors (Lipinski definition) is 4. The van der Waals surface area contributed by atoms with Gasteiger partial charge in [0.2, 0.25) is 0 Å². The zero-order chi connectivity index (χ0) is 14.4. The van der Waals surface area contributed by atoms with E-state index < -0.39 is 11.7 Å². The molecule has 0 aliphatic rings. The molecule has 104 valence electrons. The third-order valence-corrected chi connectivity index (χ3v) is 2.60. The van der Waals surface area contributed by atoms with Crippen LogP contribution in [-0.2, 0) is 0 Å². The fourth-order valence-corrected chi connectivity index (χ4v) is 1.62. The smallest absolute Gasteiger partial charge is 0.258 e. The predicted octanol–water partition coefficient (Wildman–Crippen LogP) is 2.69. The topological polar surface area (TPSA) is 66.9 Å². The summed E-state index contributed by atoms with van der Waals surface area (Å²) < 4.78 is 14.1. The number of carbonyl (C=O) groups is 1. The van der Waals surface area contributed by atoms with Crippen LogP contribution in [0.1, 0.15) is 23.7 Å². The Morgan fingerprint density at radius 2 is 2.20 bits per heavy atom. The molecule has 20 heavy (non-hydrogen) atoms. The lowest BCUT2D eigenvalue weighted by Crippen LogP contribution is -2.16. The molecule has 2 rings (SSSR count). The highest BCUT2D eigenvalue weighted by molar-refractivity contribution is 6.04. The van der Waals surface area contributed by atoms with E-state index in [-0.39, 0.29) is 11.4 Å². The van der Waals surface area contributed by atoms with E-state index in [0.29, 0.717) is 12.2 Å². The largest absolute Gasteiger partial charge is 0.368 e. The number of halogens is 1. The molecular formula is C14H15FN4O. The molecule has 0 saturated heterocycles. The Bertz CT molecular complexity index is 589. The van der Waals surface area contributed by atoms with Crippen molar-refractivity contribution in [3.05, 3.63) is 48.2 Å². The van der Waals surface area contributed by atoms with Crippen LogP contribution in [0.3, 0.4) is 0 Å². The van der Waals surface area contributed by atoms with Crippen molar-refractivity contribution in [1.29, 1.82) is 0 Å². The molecule has 1 amide bonds. The highest BCUT2D eigenvalue weighted by Gasteiger charge is 2.16. The standard InChI is InChI=1S/C14H15FN4O/c1-2-6-17-13-12(15)11(5-8-18-13)14(20)19-10-4-3-7-16-9-10/h3-5,7-9H,2,6H2,1H3,(H,17,18)(H,19,20). The van der Waals surface area contributed by atoms with E-state index in [1.807, 2.05) is 6.92 Å². The van der Waals surface area contributed by atoms with Crippen molar-refractivity contribution < 1.29 is 9.18 Å². The van der Waals surface area contributed by atoms with Crippen LogP contribution < -0.4 is 10.6 Å². The second-order valence-electron chi connectivity index (χ2n) is 4.14. The quantitative estimate of drug-likeness (QED) is 0.879. The zero-order valence-corrected chi connectivity index (χ0v) is 11.1. The Hall–Kier alpha value is -2.50. The van der Waals surface area contributed by atoms with Crippen LogP contribution >= 0.6 is 0 Å². The maximum Gasteiger partial charge on any atom is 0.258 e. The number of aromatic nitrogens is 2. The first-order valence-corrected chi connectivity index (χ1v) is 6.32. The van der Waals surface area contributed by atoms with Crippen LogP contribution in [0, 0.1) is 5.82 Å². The number of anilines is 2. The summed E-state index contributed by atoms with van der Waals surface area (Å²) in [7, 11) is 0. The molecular weight excluding hydrogens is 259 g/mol. The SMILES string of the molecule is CCCNc1nccc(C(=O)Nc2cccnc2)c1F. The molecule has 5 nitrogen and oxygen atoms in total. The molecule has 0 aliphatic heterocycles. The van der Waals surface area contributed by atoms with Crippen LogP contribution in [0.5, 0.6) is 0 Å². The van der Waals surface area contributed by atoms with Gasteiger partial charge in [-0.3, -0.25) is 9.78 Å². The average Bonchev–Trinajstić information content (AvgIpc) is 2.47. The molecule has 2 aromatic heterocycles. The van der Waals surface area contributed by atoms with Gasteiger partial charge in [0.15, 0.2) is 11.6 Å². The molecule has 0 unspecified atom stereocenters. The van der Waals surface area contributed by atoms with Crippen molar-refractivity contribution in [2.75, 3.05) is 17.2 Å². The van der Waals surface area contributed by atoms with Crippen molar-refractivity contribution in [3.63, 3.8) is 0 Å². The third kappa shape index (κ3) is 3.28. The van der Waals surface area contributed by atoms with Gasteiger partial charge in [-0.2, -0.15) is 0 Å². The van der Waals surface area contributed by atoms with E-state index in [1.165, 1.54) is 18.5 Å². The fraction of sp³-hybridized carbons (Fsp3) is 0.214. The van der Waals surface area contributed by atoms with Gasteiger partial charge < -0.3 is 10.6 Å². The van der Waals surface area contributed by atoms with E-state index in [4.69, 9.17) is 0 Å². The van der Waals surface area contributed by atoms with Crippen molar-refractivity contribution >= 4 is 17.4 Å². The Balaban J connectivity index is 2.17. The Morgan fingerprint density at radius 3 is 2.90 bits per heavy atom.